The molecule has 0 aliphatic carbocycles. The van der Waals surface area contributed by atoms with Crippen LogP contribution in [0.1, 0.15) is 5.56 Å². The highest BCUT2D eigenvalue weighted by molar-refractivity contribution is 5.57. The van der Waals surface area contributed by atoms with Crippen LogP contribution in [0.3, 0.4) is 0 Å². The number of likely N-dealkylation sites (N-methyl/N-ethyl adjacent to an activating group) is 1. The van der Waals surface area contributed by atoms with Crippen LogP contribution in [0.5, 0.6) is 0 Å². The van der Waals surface area contributed by atoms with Gasteiger partial charge in [0, 0.05) is 18.3 Å². The lowest BCUT2D eigenvalue weighted by Crippen LogP contribution is -2.18. The molecule has 0 aliphatic rings. The summed E-state index contributed by atoms with van der Waals surface area (Å²) in [4.78, 5) is 6.54. The van der Waals surface area contributed by atoms with Gasteiger partial charge in [-0.15, -0.1) is 0 Å². The van der Waals surface area contributed by atoms with E-state index < -0.39 is 0 Å². The van der Waals surface area contributed by atoms with Crippen molar-refractivity contribution in [3.05, 3.63) is 42.1 Å². The van der Waals surface area contributed by atoms with Crippen molar-refractivity contribution in [2.24, 2.45) is 0 Å². The van der Waals surface area contributed by atoms with Gasteiger partial charge in [0.25, 0.3) is 5.89 Å². The molecule has 0 bridgehead atoms. The molecular weight excluding hydrogens is 278 g/mol. The monoisotopic (exact) mass is 297 g/mol. The van der Waals surface area contributed by atoms with E-state index in [1.54, 1.807) is 0 Å². The summed E-state index contributed by atoms with van der Waals surface area (Å²) in [6.45, 7) is 3.80. The van der Waals surface area contributed by atoms with Crippen molar-refractivity contribution in [1.29, 1.82) is 0 Å². The molecule has 6 heteroatoms. The molecule has 2 heterocycles. The zero-order valence-electron chi connectivity index (χ0n) is 13.0. The molecule has 2 aromatic heterocycles. The van der Waals surface area contributed by atoms with E-state index in [4.69, 9.17) is 4.52 Å². The summed E-state index contributed by atoms with van der Waals surface area (Å²) in [6, 6.07) is 9.92. The molecule has 0 fully saturated rings. The minimum absolute atomic E-state index is 0.444. The highest BCUT2D eigenvalue weighted by Gasteiger charge is 2.13. The third-order valence-electron chi connectivity index (χ3n) is 3.37. The molecule has 0 aliphatic heterocycles. The second-order valence-electron chi connectivity index (χ2n) is 5.56. The van der Waals surface area contributed by atoms with Crippen molar-refractivity contribution in [2.45, 2.75) is 13.5 Å². The van der Waals surface area contributed by atoms with Crippen LogP contribution in [0.2, 0.25) is 0 Å². The van der Waals surface area contributed by atoms with E-state index in [0.29, 0.717) is 17.4 Å². The van der Waals surface area contributed by atoms with Gasteiger partial charge in [-0.25, -0.2) is 0 Å². The van der Waals surface area contributed by atoms with Gasteiger partial charge in [-0.1, -0.05) is 35.0 Å². The molecule has 3 rings (SSSR count). The number of hydrogen-bond acceptors (Lipinski definition) is 5. The molecular formula is C16H19N5O. The van der Waals surface area contributed by atoms with E-state index in [0.717, 1.165) is 18.7 Å². The van der Waals surface area contributed by atoms with E-state index in [2.05, 4.69) is 20.1 Å². The SMILES string of the molecule is Cc1ccc(-c2noc(-c3ccn(CCN(C)C)n3)n2)cc1. The fourth-order valence-corrected chi connectivity index (χ4v) is 2.05. The summed E-state index contributed by atoms with van der Waals surface area (Å²) < 4.78 is 7.21. The predicted octanol–water partition coefficient (Wildman–Crippen LogP) is 2.47. The summed E-state index contributed by atoms with van der Waals surface area (Å²) in [7, 11) is 4.08. The van der Waals surface area contributed by atoms with Gasteiger partial charge in [-0.3, -0.25) is 4.68 Å². The number of aryl methyl sites for hydroxylation is 1. The molecule has 22 heavy (non-hydrogen) atoms. The van der Waals surface area contributed by atoms with Gasteiger partial charge in [-0.2, -0.15) is 10.1 Å². The third-order valence-corrected chi connectivity index (χ3v) is 3.37. The topological polar surface area (TPSA) is 60.0 Å². The summed E-state index contributed by atoms with van der Waals surface area (Å²) in [6.07, 6.45) is 1.93. The standard InChI is InChI=1S/C16H19N5O/c1-12-4-6-13(7-5-12)15-17-16(22-19-15)14-8-9-21(18-14)11-10-20(2)3/h4-9H,10-11H2,1-3H3. The van der Waals surface area contributed by atoms with Crippen molar-refractivity contribution in [1.82, 2.24) is 24.8 Å². The van der Waals surface area contributed by atoms with Crippen LogP contribution in [0, 0.1) is 6.92 Å². The first kappa shape index (κ1) is 14.5. The first-order chi connectivity index (χ1) is 10.6. The predicted molar refractivity (Wildman–Crippen MR) is 84.2 cm³/mol. The van der Waals surface area contributed by atoms with E-state index in [1.165, 1.54) is 5.56 Å². The maximum atomic E-state index is 5.33. The van der Waals surface area contributed by atoms with Crippen molar-refractivity contribution < 1.29 is 4.52 Å². The van der Waals surface area contributed by atoms with Crippen LogP contribution >= 0.6 is 0 Å². The Morgan fingerprint density at radius 1 is 1.14 bits per heavy atom. The maximum absolute atomic E-state index is 5.33. The minimum atomic E-state index is 0.444. The van der Waals surface area contributed by atoms with Gasteiger partial charge in [-0.05, 0) is 27.1 Å². The Labute approximate surface area is 129 Å². The lowest BCUT2D eigenvalue weighted by Gasteiger charge is -2.08. The highest BCUT2D eigenvalue weighted by Crippen LogP contribution is 2.21. The summed E-state index contributed by atoms with van der Waals surface area (Å²) in [5.74, 6) is 1.03. The van der Waals surface area contributed by atoms with E-state index in [1.807, 2.05) is 62.2 Å². The summed E-state index contributed by atoms with van der Waals surface area (Å²) in [5, 5.41) is 8.50. The van der Waals surface area contributed by atoms with Crippen molar-refractivity contribution in [3.63, 3.8) is 0 Å². The Bertz CT molecular complexity index is 742. The fraction of sp³-hybridized carbons (Fsp3) is 0.312. The fourth-order valence-electron chi connectivity index (χ4n) is 2.05. The molecule has 1 aromatic carbocycles. The summed E-state index contributed by atoms with van der Waals surface area (Å²) >= 11 is 0. The van der Waals surface area contributed by atoms with Crippen LogP contribution in [0.4, 0.5) is 0 Å². The first-order valence-electron chi connectivity index (χ1n) is 7.21. The molecule has 0 unspecified atom stereocenters. The third kappa shape index (κ3) is 3.23. The average molecular weight is 297 g/mol. The van der Waals surface area contributed by atoms with Gasteiger partial charge in [0.15, 0.2) is 5.69 Å². The van der Waals surface area contributed by atoms with Crippen LogP contribution < -0.4 is 0 Å². The quantitative estimate of drug-likeness (QED) is 0.724. The smallest absolute Gasteiger partial charge is 0.278 e. The Kier molecular flexibility index (Phi) is 4.02. The zero-order chi connectivity index (χ0) is 15.5. The molecule has 0 amide bonds. The van der Waals surface area contributed by atoms with E-state index >= 15 is 0 Å². The largest absolute Gasteiger partial charge is 0.332 e. The lowest BCUT2D eigenvalue weighted by molar-refractivity contribution is 0.373. The van der Waals surface area contributed by atoms with Crippen molar-refractivity contribution >= 4 is 0 Å². The molecule has 0 radical (unpaired) electrons. The number of benzene rings is 1. The minimum Gasteiger partial charge on any atom is -0.332 e. The van der Waals surface area contributed by atoms with Crippen LogP contribution in [0.25, 0.3) is 23.0 Å². The molecule has 6 nitrogen and oxygen atoms in total. The Morgan fingerprint density at radius 2 is 1.91 bits per heavy atom. The molecule has 114 valence electrons. The van der Waals surface area contributed by atoms with E-state index in [9.17, 15) is 0 Å². The van der Waals surface area contributed by atoms with Crippen molar-refractivity contribution in [2.75, 3.05) is 20.6 Å². The van der Waals surface area contributed by atoms with Crippen LogP contribution in [-0.4, -0.2) is 45.5 Å². The zero-order valence-corrected chi connectivity index (χ0v) is 13.0. The second-order valence-corrected chi connectivity index (χ2v) is 5.56. The van der Waals surface area contributed by atoms with Gasteiger partial charge in [0.1, 0.15) is 0 Å². The van der Waals surface area contributed by atoms with E-state index in [-0.39, 0.29) is 0 Å². The molecule has 0 saturated heterocycles. The van der Waals surface area contributed by atoms with Gasteiger partial charge in [0.05, 0.1) is 6.54 Å². The number of hydrogen-bond donors (Lipinski definition) is 0. The van der Waals surface area contributed by atoms with Crippen molar-refractivity contribution in [3.8, 4) is 23.0 Å². The molecule has 3 aromatic rings. The number of rotatable bonds is 5. The Hall–Kier alpha value is -2.47. The lowest BCUT2D eigenvalue weighted by atomic mass is 10.1. The second kappa shape index (κ2) is 6.11. The number of nitrogens with zero attached hydrogens (tertiary/aromatic N) is 5. The molecule has 0 N–H and O–H groups in total. The maximum Gasteiger partial charge on any atom is 0.278 e. The Balaban J connectivity index is 1.77. The number of aromatic nitrogens is 4. The first-order valence-corrected chi connectivity index (χ1v) is 7.21. The van der Waals surface area contributed by atoms with Gasteiger partial charge < -0.3 is 9.42 Å². The normalized spacial score (nSPS) is 11.3. The summed E-state index contributed by atoms with van der Waals surface area (Å²) in [5.41, 5.74) is 2.84. The molecule has 0 saturated carbocycles. The van der Waals surface area contributed by atoms with Gasteiger partial charge >= 0.3 is 0 Å². The van der Waals surface area contributed by atoms with Crippen LogP contribution in [-0.2, 0) is 6.54 Å². The average Bonchev–Trinajstić information content (AvgIpc) is 3.15. The van der Waals surface area contributed by atoms with Gasteiger partial charge in [0.2, 0.25) is 5.82 Å². The molecule has 0 spiro atoms. The highest BCUT2D eigenvalue weighted by atomic mass is 16.5. The molecule has 0 atom stereocenters. The van der Waals surface area contributed by atoms with Crippen LogP contribution in [0.15, 0.2) is 41.1 Å². The Morgan fingerprint density at radius 3 is 2.64 bits per heavy atom.